The maximum atomic E-state index is 12.2. The van der Waals surface area contributed by atoms with Crippen molar-refractivity contribution in [3.63, 3.8) is 0 Å². The van der Waals surface area contributed by atoms with Crippen molar-refractivity contribution in [2.45, 2.75) is 23.8 Å². The SMILES string of the molecule is CNS(=O)(=O)c1cccc(C(=O)NC2CCN(C)CC2)c1. The van der Waals surface area contributed by atoms with Crippen LogP contribution in [0.2, 0.25) is 0 Å². The van der Waals surface area contributed by atoms with Gasteiger partial charge in [0.05, 0.1) is 4.90 Å². The van der Waals surface area contributed by atoms with E-state index in [0.717, 1.165) is 25.9 Å². The van der Waals surface area contributed by atoms with Gasteiger partial charge in [-0.25, -0.2) is 13.1 Å². The summed E-state index contributed by atoms with van der Waals surface area (Å²) in [6.07, 6.45) is 1.83. The molecule has 1 heterocycles. The van der Waals surface area contributed by atoms with Gasteiger partial charge < -0.3 is 10.2 Å². The lowest BCUT2D eigenvalue weighted by molar-refractivity contribution is 0.0916. The predicted molar refractivity (Wildman–Crippen MR) is 80.7 cm³/mol. The molecule has 1 saturated heterocycles. The van der Waals surface area contributed by atoms with E-state index >= 15 is 0 Å². The van der Waals surface area contributed by atoms with E-state index in [1.807, 2.05) is 0 Å². The van der Waals surface area contributed by atoms with Gasteiger partial charge in [-0.05, 0) is 58.2 Å². The molecule has 7 heteroatoms. The molecular weight excluding hydrogens is 290 g/mol. The quantitative estimate of drug-likeness (QED) is 0.845. The zero-order valence-corrected chi connectivity index (χ0v) is 13.1. The van der Waals surface area contributed by atoms with E-state index in [0.29, 0.717) is 5.56 Å². The van der Waals surface area contributed by atoms with E-state index in [1.165, 1.54) is 19.2 Å². The average Bonchev–Trinajstić information content (AvgIpc) is 2.49. The predicted octanol–water partition coefficient (Wildman–Crippen LogP) is 0.419. The van der Waals surface area contributed by atoms with Crippen LogP contribution in [0.1, 0.15) is 23.2 Å². The Labute approximate surface area is 125 Å². The molecule has 1 aliphatic heterocycles. The zero-order valence-electron chi connectivity index (χ0n) is 12.3. The van der Waals surface area contributed by atoms with Gasteiger partial charge in [-0.1, -0.05) is 6.07 Å². The summed E-state index contributed by atoms with van der Waals surface area (Å²) in [4.78, 5) is 14.5. The van der Waals surface area contributed by atoms with E-state index in [1.54, 1.807) is 12.1 Å². The summed E-state index contributed by atoms with van der Waals surface area (Å²) in [6.45, 7) is 1.91. The van der Waals surface area contributed by atoms with Gasteiger partial charge in [0, 0.05) is 11.6 Å². The van der Waals surface area contributed by atoms with Gasteiger partial charge in [0.1, 0.15) is 0 Å². The Kier molecular flexibility index (Phi) is 4.97. The van der Waals surface area contributed by atoms with Gasteiger partial charge in [0.15, 0.2) is 0 Å². The van der Waals surface area contributed by atoms with E-state index in [4.69, 9.17) is 0 Å². The molecule has 0 aromatic heterocycles. The van der Waals surface area contributed by atoms with Crippen molar-refractivity contribution >= 4 is 15.9 Å². The number of likely N-dealkylation sites (tertiary alicyclic amines) is 1. The first-order valence-electron chi connectivity index (χ1n) is 6.95. The third-order valence-corrected chi connectivity index (χ3v) is 5.14. The Bertz CT molecular complexity index is 608. The van der Waals surface area contributed by atoms with Crippen LogP contribution in [-0.4, -0.2) is 52.5 Å². The van der Waals surface area contributed by atoms with Gasteiger partial charge in [0.2, 0.25) is 10.0 Å². The van der Waals surface area contributed by atoms with E-state index < -0.39 is 10.0 Å². The molecule has 1 amide bonds. The second kappa shape index (κ2) is 6.55. The first kappa shape index (κ1) is 15.9. The highest BCUT2D eigenvalue weighted by molar-refractivity contribution is 7.89. The van der Waals surface area contributed by atoms with Gasteiger partial charge in [-0.2, -0.15) is 0 Å². The minimum atomic E-state index is -3.53. The number of nitrogens with one attached hydrogen (secondary N) is 2. The van der Waals surface area contributed by atoms with Crippen LogP contribution >= 0.6 is 0 Å². The Morgan fingerprint density at radius 1 is 1.29 bits per heavy atom. The van der Waals surface area contributed by atoms with Crippen LogP contribution in [0.15, 0.2) is 29.2 Å². The molecule has 0 spiro atoms. The summed E-state index contributed by atoms with van der Waals surface area (Å²) in [7, 11) is -0.124. The van der Waals surface area contributed by atoms with E-state index in [2.05, 4.69) is 22.0 Å². The summed E-state index contributed by atoms with van der Waals surface area (Å²) in [5, 5.41) is 2.97. The number of benzene rings is 1. The fraction of sp³-hybridized carbons (Fsp3) is 0.500. The molecule has 2 rings (SSSR count). The molecule has 1 aromatic carbocycles. The zero-order chi connectivity index (χ0) is 15.5. The highest BCUT2D eigenvalue weighted by atomic mass is 32.2. The molecule has 0 saturated carbocycles. The van der Waals surface area contributed by atoms with Crippen molar-refractivity contribution in [2.75, 3.05) is 27.2 Å². The summed E-state index contributed by atoms with van der Waals surface area (Å²) >= 11 is 0. The van der Waals surface area contributed by atoms with Gasteiger partial charge in [-0.3, -0.25) is 4.79 Å². The van der Waals surface area contributed by atoms with Gasteiger partial charge in [0.25, 0.3) is 5.91 Å². The average molecular weight is 311 g/mol. The molecule has 116 valence electrons. The normalized spacial score (nSPS) is 17.6. The van der Waals surface area contributed by atoms with Crippen LogP contribution < -0.4 is 10.0 Å². The van der Waals surface area contributed by atoms with Crippen molar-refractivity contribution in [3.05, 3.63) is 29.8 Å². The number of carbonyl (C=O) groups is 1. The topological polar surface area (TPSA) is 78.5 Å². The highest BCUT2D eigenvalue weighted by Crippen LogP contribution is 2.13. The standard InChI is InChI=1S/C14H21N3O3S/c1-15-21(19,20)13-5-3-4-11(10-13)14(18)16-12-6-8-17(2)9-7-12/h3-5,10,12,15H,6-9H2,1-2H3,(H,16,18). The fourth-order valence-electron chi connectivity index (χ4n) is 2.34. The summed E-state index contributed by atoms with van der Waals surface area (Å²) in [6, 6.07) is 6.22. The molecule has 2 N–H and O–H groups in total. The number of hydrogen-bond donors (Lipinski definition) is 2. The van der Waals surface area contributed by atoms with Crippen molar-refractivity contribution in [1.82, 2.24) is 14.9 Å². The molecule has 0 bridgehead atoms. The molecule has 21 heavy (non-hydrogen) atoms. The smallest absolute Gasteiger partial charge is 0.251 e. The third-order valence-electron chi connectivity index (χ3n) is 3.73. The maximum Gasteiger partial charge on any atom is 0.251 e. The van der Waals surface area contributed by atoms with Crippen LogP contribution in [0.3, 0.4) is 0 Å². The first-order chi connectivity index (χ1) is 9.92. The second-order valence-electron chi connectivity index (χ2n) is 5.29. The van der Waals surface area contributed by atoms with Crippen LogP contribution in [0.5, 0.6) is 0 Å². The molecular formula is C14H21N3O3S. The highest BCUT2D eigenvalue weighted by Gasteiger charge is 2.20. The number of rotatable bonds is 4. The molecule has 0 atom stereocenters. The molecule has 0 unspecified atom stereocenters. The molecule has 0 aliphatic carbocycles. The maximum absolute atomic E-state index is 12.2. The second-order valence-corrected chi connectivity index (χ2v) is 7.17. The largest absolute Gasteiger partial charge is 0.349 e. The Morgan fingerprint density at radius 2 is 1.95 bits per heavy atom. The lowest BCUT2D eigenvalue weighted by Gasteiger charge is -2.29. The minimum absolute atomic E-state index is 0.0982. The fourth-order valence-corrected chi connectivity index (χ4v) is 3.12. The number of piperidine rings is 1. The number of nitrogens with zero attached hydrogens (tertiary/aromatic N) is 1. The third kappa shape index (κ3) is 4.03. The number of hydrogen-bond acceptors (Lipinski definition) is 4. The lowest BCUT2D eigenvalue weighted by atomic mass is 10.0. The number of amides is 1. The van der Waals surface area contributed by atoms with Crippen LogP contribution in [0.25, 0.3) is 0 Å². The summed E-state index contributed by atoms with van der Waals surface area (Å²) in [5.74, 6) is -0.224. The Balaban J connectivity index is 2.08. The van der Waals surface area contributed by atoms with Crippen LogP contribution in [0, 0.1) is 0 Å². The Morgan fingerprint density at radius 3 is 2.57 bits per heavy atom. The van der Waals surface area contributed by atoms with Crippen molar-refractivity contribution in [1.29, 1.82) is 0 Å². The van der Waals surface area contributed by atoms with E-state index in [9.17, 15) is 13.2 Å². The molecule has 1 aliphatic rings. The number of sulfonamides is 1. The van der Waals surface area contributed by atoms with Gasteiger partial charge in [-0.15, -0.1) is 0 Å². The molecule has 0 radical (unpaired) electrons. The number of carbonyl (C=O) groups excluding carboxylic acids is 1. The van der Waals surface area contributed by atoms with Crippen LogP contribution in [-0.2, 0) is 10.0 Å². The molecule has 1 fully saturated rings. The minimum Gasteiger partial charge on any atom is -0.349 e. The Hall–Kier alpha value is -1.44. The monoisotopic (exact) mass is 311 g/mol. The first-order valence-corrected chi connectivity index (χ1v) is 8.44. The van der Waals surface area contributed by atoms with Gasteiger partial charge >= 0.3 is 0 Å². The van der Waals surface area contributed by atoms with Crippen molar-refractivity contribution in [3.8, 4) is 0 Å². The summed E-state index contributed by atoms with van der Waals surface area (Å²) < 4.78 is 25.8. The molecule has 6 nitrogen and oxygen atoms in total. The van der Waals surface area contributed by atoms with Crippen molar-refractivity contribution in [2.24, 2.45) is 0 Å². The summed E-state index contributed by atoms with van der Waals surface area (Å²) in [5.41, 5.74) is 0.366. The van der Waals surface area contributed by atoms with Crippen LogP contribution in [0.4, 0.5) is 0 Å². The lowest BCUT2D eigenvalue weighted by Crippen LogP contribution is -2.43. The van der Waals surface area contributed by atoms with E-state index in [-0.39, 0.29) is 16.8 Å². The van der Waals surface area contributed by atoms with Crippen molar-refractivity contribution < 1.29 is 13.2 Å². The molecule has 1 aromatic rings.